The van der Waals surface area contributed by atoms with Crippen molar-refractivity contribution in [2.45, 2.75) is 19.8 Å². The van der Waals surface area contributed by atoms with Gasteiger partial charge in [0.1, 0.15) is 13.2 Å². The van der Waals surface area contributed by atoms with Crippen LogP contribution in [0.2, 0.25) is 0 Å². The van der Waals surface area contributed by atoms with Crippen LogP contribution in [0.3, 0.4) is 0 Å². The molecule has 0 atom stereocenters. The zero-order chi connectivity index (χ0) is 17.6. The maximum Gasteiger partial charge on any atom is 0.246 e. The largest absolute Gasteiger partial charge is 0.486 e. The second-order valence-electron chi connectivity index (χ2n) is 6.21. The van der Waals surface area contributed by atoms with Gasteiger partial charge in [0, 0.05) is 30.6 Å². The smallest absolute Gasteiger partial charge is 0.246 e. The number of likely N-dealkylation sites (tertiary alicyclic amines) is 1. The van der Waals surface area contributed by atoms with Crippen molar-refractivity contribution < 1.29 is 19.1 Å². The number of Topliss-reactive ketones (excluding diaryl/α,β-unsaturated/α-hetero) is 1. The molecule has 1 aromatic rings. The van der Waals surface area contributed by atoms with Gasteiger partial charge in [-0.25, -0.2) is 0 Å². The van der Waals surface area contributed by atoms with E-state index >= 15 is 0 Å². The van der Waals surface area contributed by atoms with Crippen molar-refractivity contribution in [2.24, 2.45) is 5.92 Å². The first-order chi connectivity index (χ1) is 12.2. The predicted octanol–water partition coefficient (Wildman–Crippen LogP) is 3.01. The molecule has 1 aromatic carbocycles. The standard InChI is InChI=1S/C20H23NO4/c1-2-3-4-5-19(22)21-10-8-15(9-11-21)20(23)16-6-7-17-18(14-16)25-13-12-24-17/h2-7,14-15H,8-13H2,1H3/b3-2+,5-4+. The summed E-state index contributed by atoms with van der Waals surface area (Å²) in [6, 6.07) is 5.37. The van der Waals surface area contributed by atoms with Crippen LogP contribution in [0, 0.1) is 5.92 Å². The summed E-state index contributed by atoms with van der Waals surface area (Å²) in [5.74, 6) is 1.40. The molecule has 25 heavy (non-hydrogen) atoms. The van der Waals surface area contributed by atoms with E-state index in [1.807, 2.05) is 19.1 Å². The lowest BCUT2D eigenvalue weighted by atomic mass is 9.88. The fourth-order valence-corrected chi connectivity index (χ4v) is 3.15. The first-order valence-corrected chi connectivity index (χ1v) is 8.71. The maximum absolute atomic E-state index is 12.8. The zero-order valence-electron chi connectivity index (χ0n) is 14.4. The summed E-state index contributed by atoms with van der Waals surface area (Å²) in [5, 5.41) is 0. The molecule has 0 spiro atoms. The molecule has 2 aliphatic heterocycles. The summed E-state index contributed by atoms with van der Waals surface area (Å²) < 4.78 is 11.0. The quantitative estimate of drug-likeness (QED) is 0.480. The number of amides is 1. The number of ether oxygens (including phenoxy) is 2. The molecule has 5 nitrogen and oxygen atoms in total. The monoisotopic (exact) mass is 341 g/mol. The lowest BCUT2D eigenvalue weighted by Crippen LogP contribution is -2.39. The highest BCUT2D eigenvalue weighted by atomic mass is 16.6. The number of hydrogen-bond acceptors (Lipinski definition) is 4. The zero-order valence-corrected chi connectivity index (χ0v) is 14.4. The van der Waals surface area contributed by atoms with Crippen LogP contribution in [0.25, 0.3) is 0 Å². The summed E-state index contributed by atoms with van der Waals surface area (Å²) in [6.45, 7) is 4.17. The van der Waals surface area contributed by atoms with Gasteiger partial charge in [0.25, 0.3) is 0 Å². The molecule has 5 heteroatoms. The number of rotatable bonds is 4. The highest BCUT2D eigenvalue weighted by Gasteiger charge is 2.28. The van der Waals surface area contributed by atoms with Crippen LogP contribution >= 0.6 is 0 Å². The van der Waals surface area contributed by atoms with Crippen LogP contribution in [0.1, 0.15) is 30.1 Å². The van der Waals surface area contributed by atoms with E-state index in [4.69, 9.17) is 9.47 Å². The highest BCUT2D eigenvalue weighted by Crippen LogP contribution is 2.32. The molecule has 132 valence electrons. The second-order valence-corrected chi connectivity index (χ2v) is 6.21. The number of benzene rings is 1. The molecule has 2 heterocycles. The van der Waals surface area contributed by atoms with Crippen LogP contribution in [-0.4, -0.2) is 42.9 Å². The van der Waals surface area contributed by atoms with Crippen molar-refractivity contribution in [3.05, 3.63) is 48.1 Å². The van der Waals surface area contributed by atoms with Gasteiger partial charge >= 0.3 is 0 Å². The van der Waals surface area contributed by atoms with Crippen LogP contribution in [0.4, 0.5) is 0 Å². The van der Waals surface area contributed by atoms with E-state index in [0.29, 0.717) is 56.2 Å². The minimum atomic E-state index is -0.0499. The third-order valence-electron chi connectivity index (χ3n) is 4.55. The Morgan fingerprint density at radius 1 is 1.08 bits per heavy atom. The van der Waals surface area contributed by atoms with E-state index in [9.17, 15) is 9.59 Å². The van der Waals surface area contributed by atoms with E-state index in [1.165, 1.54) is 0 Å². The lowest BCUT2D eigenvalue weighted by molar-refractivity contribution is -0.127. The van der Waals surface area contributed by atoms with Gasteiger partial charge in [0.05, 0.1) is 0 Å². The average molecular weight is 341 g/mol. The third kappa shape index (κ3) is 4.10. The van der Waals surface area contributed by atoms with Crippen LogP contribution in [0.15, 0.2) is 42.5 Å². The molecule has 0 radical (unpaired) electrons. The van der Waals surface area contributed by atoms with Crippen molar-refractivity contribution in [1.29, 1.82) is 0 Å². The minimum absolute atomic E-state index is 0.00308. The number of ketones is 1. The number of allylic oxidation sites excluding steroid dienone is 3. The van der Waals surface area contributed by atoms with E-state index in [1.54, 1.807) is 35.3 Å². The van der Waals surface area contributed by atoms with E-state index in [0.717, 1.165) is 0 Å². The van der Waals surface area contributed by atoms with Crippen molar-refractivity contribution in [2.75, 3.05) is 26.3 Å². The first kappa shape index (κ1) is 17.3. The summed E-state index contributed by atoms with van der Waals surface area (Å²) in [6.07, 6.45) is 8.41. The van der Waals surface area contributed by atoms with Gasteiger partial charge in [-0.05, 0) is 38.0 Å². The number of hydrogen-bond donors (Lipinski definition) is 0. The second kappa shape index (κ2) is 8.01. The molecule has 2 aliphatic rings. The van der Waals surface area contributed by atoms with Gasteiger partial charge < -0.3 is 14.4 Å². The SMILES string of the molecule is C/C=C/C=C/C(=O)N1CCC(C(=O)c2ccc3c(c2)OCCO3)CC1. The van der Waals surface area contributed by atoms with Crippen molar-refractivity contribution in [3.8, 4) is 11.5 Å². The van der Waals surface area contributed by atoms with Crippen LogP contribution in [-0.2, 0) is 4.79 Å². The Labute approximate surface area is 147 Å². The predicted molar refractivity (Wildman–Crippen MR) is 95.0 cm³/mol. The Hall–Kier alpha value is -2.56. The maximum atomic E-state index is 12.8. The third-order valence-corrected chi connectivity index (χ3v) is 4.55. The molecule has 0 N–H and O–H groups in total. The molecule has 0 aliphatic carbocycles. The fraction of sp³-hybridized carbons (Fsp3) is 0.400. The number of piperidine rings is 1. The lowest BCUT2D eigenvalue weighted by Gasteiger charge is -2.30. The molecule has 1 saturated heterocycles. The van der Waals surface area contributed by atoms with E-state index in [-0.39, 0.29) is 17.6 Å². The van der Waals surface area contributed by atoms with Crippen molar-refractivity contribution in [3.63, 3.8) is 0 Å². The number of carbonyl (C=O) groups excluding carboxylic acids is 2. The number of nitrogens with zero attached hydrogens (tertiary/aromatic N) is 1. The van der Waals surface area contributed by atoms with Crippen LogP contribution < -0.4 is 9.47 Å². The molecule has 1 amide bonds. The highest BCUT2D eigenvalue weighted by molar-refractivity contribution is 5.98. The Morgan fingerprint density at radius 2 is 1.80 bits per heavy atom. The summed E-state index contributed by atoms with van der Waals surface area (Å²) in [4.78, 5) is 26.6. The summed E-state index contributed by atoms with van der Waals surface area (Å²) >= 11 is 0. The Kier molecular flexibility index (Phi) is 5.53. The van der Waals surface area contributed by atoms with E-state index < -0.39 is 0 Å². The van der Waals surface area contributed by atoms with Crippen LogP contribution in [0.5, 0.6) is 11.5 Å². The minimum Gasteiger partial charge on any atom is -0.486 e. The Balaban J connectivity index is 1.59. The van der Waals surface area contributed by atoms with Crippen molar-refractivity contribution >= 4 is 11.7 Å². The summed E-state index contributed by atoms with van der Waals surface area (Å²) in [7, 11) is 0. The fourth-order valence-electron chi connectivity index (χ4n) is 3.15. The van der Waals surface area contributed by atoms with Gasteiger partial charge in [0.15, 0.2) is 17.3 Å². The Bertz CT molecular complexity index is 700. The first-order valence-electron chi connectivity index (χ1n) is 8.71. The number of carbonyl (C=O) groups is 2. The Morgan fingerprint density at radius 3 is 2.52 bits per heavy atom. The van der Waals surface area contributed by atoms with E-state index in [2.05, 4.69) is 0 Å². The normalized spacial score (nSPS) is 18.0. The van der Waals surface area contributed by atoms with Crippen molar-refractivity contribution in [1.82, 2.24) is 4.90 Å². The molecule has 0 saturated carbocycles. The topological polar surface area (TPSA) is 55.8 Å². The molecular weight excluding hydrogens is 318 g/mol. The average Bonchev–Trinajstić information content (AvgIpc) is 2.67. The summed E-state index contributed by atoms with van der Waals surface area (Å²) in [5.41, 5.74) is 0.655. The molecule has 1 fully saturated rings. The molecule has 0 unspecified atom stereocenters. The van der Waals surface area contributed by atoms with Gasteiger partial charge in [0.2, 0.25) is 5.91 Å². The van der Waals surface area contributed by atoms with Gasteiger partial charge in [-0.1, -0.05) is 18.2 Å². The molecule has 0 aromatic heterocycles. The van der Waals surface area contributed by atoms with Gasteiger partial charge in [-0.3, -0.25) is 9.59 Å². The van der Waals surface area contributed by atoms with Gasteiger partial charge in [-0.15, -0.1) is 0 Å². The molecular formula is C20H23NO4. The molecule has 3 rings (SSSR count). The van der Waals surface area contributed by atoms with Gasteiger partial charge in [-0.2, -0.15) is 0 Å². The number of fused-ring (bicyclic) bond motifs is 1. The molecule has 0 bridgehead atoms.